The second kappa shape index (κ2) is 10.3. The van der Waals surface area contributed by atoms with E-state index in [9.17, 15) is 9.59 Å². The molecule has 1 amide bonds. The minimum absolute atomic E-state index is 0.00253. The molecule has 0 aliphatic heterocycles. The smallest absolute Gasteiger partial charge is 0.223 e. The van der Waals surface area contributed by atoms with E-state index in [0.717, 1.165) is 16.8 Å². The largest absolute Gasteiger partial charge is 0.338 e. The van der Waals surface area contributed by atoms with E-state index >= 15 is 0 Å². The topological polar surface area (TPSA) is 50.3 Å². The molecule has 0 bridgehead atoms. The number of pyridine rings is 1. The number of Topliss-reactive ketones (excluding diaryl/α,β-unsaturated/α-hetero) is 1. The molecule has 0 fully saturated rings. The van der Waals surface area contributed by atoms with Gasteiger partial charge in [0.25, 0.3) is 0 Å². The van der Waals surface area contributed by atoms with Crippen molar-refractivity contribution in [2.24, 2.45) is 0 Å². The second-order valence-electron chi connectivity index (χ2n) is 7.16. The Morgan fingerprint density at radius 3 is 2.28 bits per heavy atom. The van der Waals surface area contributed by atoms with E-state index in [-0.39, 0.29) is 24.5 Å². The molecule has 0 radical (unpaired) electrons. The predicted molar refractivity (Wildman–Crippen MR) is 115 cm³/mol. The van der Waals surface area contributed by atoms with Crippen molar-refractivity contribution in [1.82, 2.24) is 9.88 Å². The van der Waals surface area contributed by atoms with Gasteiger partial charge in [0.1, 0.15) is 0 Å². The number of nitrogens with zero attached hydrogens (tertiary/aromatic N) is 2. The molecule has 4 heteroatoms. The van der Waals surface area contributed by atoms with Crippen LogP contribution >= 0.6 is 0 Å². The van der Waals surface area contributed by atoms with Crippen LogP contribution in [0.15, 0.2) is 79.0 Å². The van der Waals surface area contributed by atoms with Gasteiger partial charge in [0.2, 0.25) is 5.91 Å². The van der Waals surface area contributed by atoms with Crippen LogP contribution in [0.5, 0.6) is 0 Å². The molecule has 3 rings (SSSR count). The summed E-state index contributed by atoms with van der Waals surface area (Å²) in [6.07, 6.45) is 2.88. The van der Waals surface area contributed by atoms with Gasteiger partial charge in [-0.15, -0.1) is 0 Å². The van der Waals surface area contributed by atoms with Gasteiger partial charge < -0.3 is 4.90 Å². The average Bonchev–Trinajstić information content (AvgIpc) is 2.76. The number of hydrogen-bond donors (Lipinski definition) is 0. The number of carbonyl (C=O) groups is 2. The number of rotatable bonds is 9. The maximum atomic E-state index is 12.9. The number of ketones is 1. The molecular formula is C25H26N2O2. The third-order valence-electron chi connectivity index (χ3n) is 4.87. The van der Waals surface area contributed by atoms with Crippen LogP contribution in [0.2, 0.25) is 0 Å². The Balaban J connectivity index is 1.62. The Hall–Kier alpha value is -3.27. The van der Waals surface area contributed by atoms with E-state index in [1.54, 1.807) is 6.20 Å². The fourth-order valence-electron chi connectivity index (χ4n) is 3.15. The summed E-state index contributed by atoms with van der Waals surface area (Å²) in [5.74, 6) is -0.00650. The number of benzene rings is 2. The van der Waals surface area contributed by atoms with Crippen molar-refractivity contribution in [2.75, 3.05) is 6.54 Å². The number of aryl methyl sites for hydroxylation is 1. The molecule has 0 aliphatic carbocycles. The fraction of sp³-hybridized carbons (Fsp3) is 0.240. The van der Waals surface area contributed by atoms with Gasteiger partial charge in [0, 0.05) is 49.8 Å². The van der Waals surface area contributed by atoms with Crippen LogP contribution in [-0.2, 0) is 17.8 Å². The lowest BCUT2D eigenvalue weighted by Gasteiger charge is -2.23. The van der Waals surface area contributed by atoms with Gasteiger partial charge in [-0.25, -0.2) is 0 Å². The lowest BCUT2D eigenvalue weighted by Crippen LogP contribution is -2.32. The van der Waals surface area contributed by atoms with Gasteiger partial charge in [0.05, 0.1) is 0 Å². The first-order valence-electron chi connectivity index (χ1n) is 9.93. The van der Waals surface area contributed by atoms with Gasteiger partial charge in [-0.3, -0.25) is 14.6 Å². The van der Waals surface area contributed by atoms with Crippen LogP contribution in [0.3, 0.4) is 0 Å². The zero-order chi connectivity index (χ0) is 20.5. The number of aromatic nitrogens is 1. The summed E-state index contributed by atoms with van der Waals surface area (Å²) >= 11 is 0. The molecule has 3 aromatic rings. The third kappa shape index (κ3) is 6.39. The summed E-state index contributed by atoms with van der Waals surface area (Å²) in [6.45, 7) is 3.09. The molecule has 2 aromatic carbocycles. The lowest BCUT2D eigenvalue weighted by atomic mass is 10.0. The summed E-state index contributed by atoms with van der Waals surface area (Å²) in [6, 6.07) is 23.2. The van der Waals surface area contributed by atoms with E-state index in [1.165, 1.54) is 0 Å². The second-order valence-corrected chi connectivity index (χ2v) is 7.16. The first-order valence-corrected chi connectivity index (χ1v) is 9.93. The molecule has 1 heterocycles. The van der Waals surface area contributed by atoms with Crippen LogP contribution in [0.25, 0.3) is 0 Å². The van der Waals surface area contributed by atoms with Crippen molar-refractivity contribution in [3.63, 3.8) is 0 Å². The molecule has 29 heavy (non-hydrogen) atoms. The summed E-state index contributed by atoms with van der Waals surface area (Å²) in [5, 5.41) is 0. The third-order valence-corrected chi connectivity index (χ3v) is 4.87. The quantitative estimate of drug-likeness (QED) is 0.504. The predicted octanol–water partition coefficient (Wildman–Crippen LogP) is 4.62. The first kappa shape index (κ1) is 20.5. The van der Waals surface area contributed by atoms with E-state index in [2.05, 4.69) is 4.98 Å². The summed E-state index contributed by atoms with van der Waals surface area (Å²) in [4.78, 5) is 31.5. The first-order chi connectivity index (χ1) is 14.1. The van der Waals surface area contributed by atoms with E-state index < -0.39 is 0 Å². The number of hydrogen-bond acceptors (Lipinski definition) is 3. The van der Waals surface area contributed by atoms with Crippen LogP contribution in [0.1, 0.15) is 40.0 Å². The van der Waals surface area contributed by atoms with Crippen molar-refractivity contribution in [3.8, 4) is 0 Å². The van der Waals surface area contributed by atoms with Gasteiger partial charge in [0.15, 0.2) is 5.78 Å². The Morgan fingerprint density at radius 1 is 0.862 bits per heavy atom. The van der Waals surface area contributed by atoms with E-state index in [0.29, 0.717) is 25.1 Å². The molecule has 0 aliphatic rings. The molecule has 1 aromatic heterocycles. The molecule has 148 valence electrons. The molecular weight excluding hydrogens is 360 g/mol. The maximum absolute atomic E-state index is 12.9. The summed E-state index contributed by atoms with van der Waals surface area (Å²) in [7, 11) is 0. The minimum atomic E-state index is -0.00903. The highest BCUT2D eigenvalue weighted by Crippen LogP contribution is 2.12. The van der Waals surface area contributed by atoms with Gasteiger partial charge >= 0.3 is 0 Å². The normalized spacial score (nSPS) is 10.5. The van der Waals surface area contributed by atoms with Gasteiger partial charge in [-0.2, -0.15) is 0 Å². The highest BCUT2D eigenvalue weighted by Gasteiger charge is 2.16. The number of carbonyl (C=O) groups excluding carboxylic acids is 2. The van der Waals surface area contributed by atoms with Crippen molar-refractivity contribution in [3.05, 3.63) is 101 Å². The van der Waals surface area contributed by atoms with Crippen LogP contribution in [0.4, 0.5) is 0 Å². The molecule has 4 nitrogen and oxygen atoms in total. The Morgan fingerprint density at radius 2 is 1.59 bits per heavy atom. The maximum Gasteiger partial charge on any atom is 0.223 e. The summed E-state index contributed by atoms with van der Waals surface area (Å²) in [5.41, 5.74) is 3.80. The Labute approximate surface area is 172 Å². The lowest BCUT2D eigenvalue weighted by molar-refractivity contribution is -0.131. The van der Waals surface area contributed by atoms with Crippen LogP contribution < -0.4 is 0 Å². The standard InChI is InChI=1S/C25H26N2O2/c1-20-10-12-22(13-11-20)24(28)14-15-25(29)27(19-21-7-3-2-4-8-21)18-16-23-9-5-6-17-26-23/h2-13,17H,14-16,18-19H2,1H3. The SMILES string of the molecule is Cc1ccc(C(=O)CCC(=O)N(CCc2ccccn2)Cc2ccccc2)cc1. The van der Waals surface area contributed by atoms with Crippen LogP contribution in [-0.4, -0.2) is 28.1 Å². The van der Waals surface area contributed by atoms with Crippen molar-refractivity contribution < 1.29 is 9.59 Å². The molecule has 0 atom stereocenters. The zero-order valence-electron chi connectivity index (χ0n) is 16.8. The number of amides is 1. The zero-order valence-corrected chi connectivity index (χ0v) is 16.8. The highest BCUT2D eigenvalue weighted by molar-refractivity contribution is 5.97. The van der Waals surface area contributed by atoms with Gasteiger partial charge in [-0.05, 0) is 24.6 Å². The molecule has 0 unspecified atom stereocenters. The van der Waals surface area contributed by atoms with Gasteiger partial charge in [-0.1, -0.05) is 66.2 Å². The fourth-order valence-corrected chi connectivity index (χ4v) is 3.15. The molecule has 0 spiro atoms. The van der Waals surface area contributed by atoms with Crippen molar-refractivity contribution >= 4 is 11.7 Å². The highest BCUT2D eigenvalue weighted by atomic mass is 16.2. The Kier molecular flexibility index (Phi) is 7.28. The monoisotopic (exact) mass is 386 g/mol. The van der Waals surface area contributed by atoms with Crippen LogP contribution in [0, 0.1) is 6.92 Å². The van der Waals surface area contributed by atoms with Crippen molar-refractivity contribution in [2.45, 2.75) is 32.7 Å². The van der Waals surface area contributed by atoms with Crippen molar-refractivity contribution in [1.29, 1.82) is 0 Å². The Bertz CT molecular complexity index is 922. The van der Waals surface area contributed by atoms with E-state index in [1.807, 2.05) is 84.6 Å². The summed E-state index contributed by atoms with van der Waals surface area (Å²) < 4.78 is 0. The van der Waals surface area contributed by atoms with E-state index in [4.69, 9.17) is 0 Å². The molecule has 0 saturated carbocycles. The average molecular weight is 386 g/mol. The minimum Gasteiger partial charge on any atom is -0.338 e. The molecule has 0 saturated heterocycles. The molecule has 0 N–H and O–H groups in total.